The smallest absolute Gasteiger partial charge is 0.102 e. The van der Waals surface area contributed by atoms with Gasteiger partial charge in [0.2, 0.25) is 0 Å². The van der Waals surface area contributed by atoms with E-state index in [4.69, 9.17) is 5.73 Å². The Morgan fingerprint density at radius 1 is 1.92 bits per heavy atom. The van der Waals surface area contributed by atoms with Gasteiger partial charge < -0.3 is 10.8 Å². The van der Waals surface area contributed by atoms with Crippen molar-refractivity contribution in [2.45, 2.75) is 12.5 Å². The summed E-state index contributed by atoms with van der Waals surface area (Å²) in [7, 11) is 0. The standard InChI is InChI=1S/C8H13N3O/c1-3-11-5-7(4-10-11)8(2,12)6-9/h3-5,12H,1,6,9H2,2H3. The first-order valence-corrected chi connectivity index (χ1v) is 3.70. The van der Waals surface area contributed by atoms with Gasteiger partial charge >= 0.3 is 0 Å². The Labute approximate surface area is 71.3 Å². The van der Waals surface area contributed by atoms with Crippen LogP contribution in [-0.2, 0) is 5.60 Å². The summed E-state index contributed by atoms with van der Waals surface area (Å²) < 4.78 is 1.53. The van der Waals surface area contributed by atoms with Gasteiger partial charge in [-0.15, -0.1) is 0 Å². The number of aromatic nitrogens is 2. The number of nitrogens with zero attached hydrogens (tertiary/aromatic N) is 2. The quantitative estimate of drug-likeness (QED) is 0.673. The summed E-state index contributed by atoms with van der Waals surface area (Å²) in [6, 6.07) is 0. The van der Waals surface area contributed by atoms with Gasteiger partial charge in [0, 0.05) is 24.5 Å². The molecule has 1 aromatic rings. The van der Waals surface area contributed by atoms with Gasteiger partial charge in [-0.05, 0) is 6.92 Å². The van der Waals surface area contributed by atoms with Crippen molar-refractivity contribution in [2.24, 2.45) is 5.73 Å². The van der Waals surface area contributed by atoms with Gasteiger partial charge in [-0.2, -0.15) is 5.10 Å². The Morgan fingerprint density at radius 3 is 3.00 bits per heavy atom. The van der Waals surface area contributed by atoms with E-state index in [9.17, 15) is 5.11 Å². The molecule has 0 bridgehead atoms. The van der Waals surface area contributed by atoms with Crippen LogP contribution in [0.4, 0.5) is 0 Å². The molecular weight excluding hydrogens is 154 g/mol. The lowest BCUT2D eigenvalue weighted by Gasteiger charge is -2.18. The zero-order valence-corrected chi connectivity index (χ0v) is 7.07. The summed E-state index contributed by atoms with van der Waals surface area (Å²) in [5.41, 5.74) is 5.08. The van der Waals surface area contributed by atoms with E-state index in [0.717, 1.165) is 0 Å². The predicted octanol–water partition coefficient (Wildman–Crippen LogP) is 0.150. The van der Waals surface area contributed by atoms with Crippen molar-refractivity contribution in [3.05, 3.63) is 24.5 Å². The number of hydrogen-bond acceptors (Lipinski definition) is 3. The minimum Gasteiger partial charge on any atom is -0.384 e. The van der Waals surface area contributed by atoms with E-state index in [2.05, 4.69) is 11.7 Å². The molecule has 1 heterocycles. The molecule has 0 aliphatic rings. The van der Waals surface area contributed by atoms with Crippen molar-refractivity contribution < 1.29 is 5.11 Å². The summed E-state index contributed by atoms with van der Waals surface area (Å²) in [5, 5.41) is 13.6. The van der Waals surface area contributed by atoms with Crippen molar-refractivity contribution in [2.75, 3.05) is 6.54 Å². The third-order valence-corrected chi connectivity index (χ3v) is 1.81. The molecular formula is C8H13N3O. The monoisotopic (exact) mass is 167 g/mol. The highest BCUT2D eigenvalue weighted by atomic mass is 16.3. The van der Waals surface area contributed by atoms with E-state index in [1.54, 1.807) is 25.5 Å². The SMILES string of the molecule is C=Cn1cc(C(C)(O)CN)cn1. The number of hydrogen-bond donors (Lipinski definition) is 2. The van der Waals surface area contributed by atoms with E-state index >= 15 is 0 Å². The summed E-state index contributed by atoms with van der Waals surface area (Å²) in [5.74, 6) is 0. The van der Waals surface area contributed by atoms with Crippen LogP contribution in [0.5, 0.6) is 0 Å². The van der Waals surface area contributed by atoms with Crippen molar-refractivity contribution >= 4 is 6.20 Å². The molecule has 0 aliphatic heterocycles. The van der Waals surface area contributed by atoms with E-state index in [0.29, 0.717) is 5.56 Å². The number of nitrogens with two attached hydrogens (primary N) is 1. The molecule has 0 aliphatic carbocycles. The van der Waals surface area contributed by atoms with E-state index in [1.165, 1.54) is 4.68 Å². The number of rotatable bonds is 3. The maximum atomic E-state index is 9.69. The minimum atomic E-state index is -0.999. The average molecular weight is 167 g/mol. The van der Waals surface area contributed by atoms with E-state index in [1.807, 2.05) is 0 Å². The summed E-state index contributed by atoms with van der Waals surface area (Å²) in [6.07, 6.45) is 4.82. The molecule has 1 aromatic heterocycles. The zero-order valence-electron chi connectivity index (χ0n) is 7.07. The molecule has 0 amide bonds. The predicted molar refractivity (Wildman–Crippen MR) is 47.2 cm³/mol. The molecule has 12 heavy (non-hydrogen) atoms. The third-order valence-electron chi connectivity index (χ3n) is 1.81. The zero-order chi connectivity index (χ0) is 9.19. The second-order valence-corrected chi connectivity index (χ2v) is 2.87. The lowest BCUT2D eigenvalue weighted by atomic mass is 10.0. The lowest BCUT2D eigenvalue weighted by Crippen LogP contribution is -2.30. The second-order valence-electron chi connectivity index (χ2n) is 2.87. The fourth-order valence-electron chi connectivity index (χ4n) is 0.834. The first kappa shape index (κ1) is 8.96. The Kier molecular flexibility index (Phi) is 2.30. The molecule has 0 radical (unpaired) electrons. The van der Waals surface area contributed by atoms with Crippen molar-refractivity contribution in [1.82, 2.24) is 9.78 Å². The summed E-state index contributed by atoms with van der Waals surface area (Å²) in [6.45, 7) is 5.37. The molecule has 1 unspecified atom stereocenters. The third kappa shape index (κ3) is 1.54. The van der Waals surface area contributed by atoms with Crippen molar-refractivity contribution in [1.29, 1.82) is 0 Å². The fourth-order valence-corrected chi connectivity index (χ4v) is 0.834. The molecule has 0 saturated heterocycles. The molecule has 1 rings (SSSR count). The van der Waals surface area contributed by atoms with Crippen LogP contribution in [0.3, 0.4) is 0 Å². The minimum absolute atomic E-state index is 0.176. The Morgan fingerprint density at radius 2 is 2.58 bits per heavy atom. The van der Waals surface area contributed by atoms with Gasteiger partial charge in [-0.3, -0.25) is 0 Å². The van der Waals surface area contributed by atoms with Crippen LogP contribution in [0.15, 0.2) is 19.0 Å². The molecule has 0 spiro atoms. The van der Waals surface area contributed by atoms with Crippen LogP contribution in [0, 0.1) is 0 Å². The van der Waals surface area contributed by atoms with Crippen molar-refractivity contribution in [3.63, 3.8) is 0 Å². The van der Waals surface area contributed by atoms with E-state index < -0.39 is 5.60 Å². The molecule has 0 aromatic carbocycles. The maximum absolute atomic E-state index is 9.69. The fraction of sp³-hybridized carbons (Fsp3) is 0.375. The van der Waals surface area contributed by atoms with Gasteiger partial charge in [0.05, 0.1) is 6.20 Å². The average Bonchev–Trinajstić information content (AvgIpc) is 2.52. The van der Waals surface area contributed by atoms with Crippen LogP contribution in [-0.4, -0.2) is 21.4 Å². The molecule has 4 heteroatoms. The van der Waals surface area contributed by atoms with Crippen LogP contribution >= 0.6 is 0 Å². The molecule has 1 atom stereocenters. The Balaban J connectivity index is 2.95. The van der Waals surface area contributed by atoms with Crippen LogP contribution < -0.4 is 5.73 Å². The highest BCUT2D eigenvalue weighted by Crippen LogP contribution is 2.17. The highest BCUT2D eigenvalue weighted by Gasteiger charge is 2.22. The van der Waals surface area contributed by atoms with Gasteiger partial charge in [0.1, 0.15) is 5.60 Å². The first-order valence-electron chi connectivity index (χ1n) is 3.70. The largest absolute Gasteiger partial charge is 0.384 e. The summed E-state index contributed by atoms with van der Waals surface area (Å²) >= 11 is 0. The second kappa shape index (κ2) is 3.08. The van der Waals surface area contributed by atoms with Crippen LogP contribution in [0.1, 0.15) is 12.5 Å². The molecule has 4 nitrogen and oxygen atoms in total. The van der Waals surface area contributed by atoms with E-state index in [-0.39, 0.29) is 6.54 Å². The van der Waals surface area contributed by atoms with Gasteiger partial charge in [0.15, 0.2) is 0 Å². The first-order chi connectivity index (χ1) is 5.60. The Hall–Kier alpha value is -1.13. The summed E-state index contributed by atoms with van der Waals surface area (Å²) in [4.78, 5) is 0. The molecule has 3 N–H and O–H groups in total. The molecule has 0 saturated carbocycles. The molecule has 66 valence electrons. The van der Waals surface area contributed by atoms with Gasteiger partial charge in [-0.1, -0.05) is 6.58 Å². The molecule has 0 fully saturated rings. The van der Waals surface area contributed by atoms with Crippen LogP contribution in [0.2, 0.25) is 0 Å². The normalized spacial score (nSPS) is 15.6. The highest BCUT2D eigenvalue weighted by molar-refractivity contribution is 5.21. The lowest BCUT2D eigenvalue weighted by molar-refractivity contribution is 0.0668. The maximum Gasteiger partial charge on any atom is 0.102 e. The Bertz CT molecular complexity index is 278. The van der Waals surface area contributed by atoms with Gasteiger partial charge in [-0.25, -0.2) is 4.68 Å². The van der Waals surface area contributed by atoms with Crippen molar-refractivity contribution in [3.8, 4) is 0 Å². The number of aliphatic hydroxyl groups is 1. The van der Waals surface area contributed by atoms with Gasteiger partial charge in [0.25, 0.3) is 0 Å². The topological polar surface area (TPSA) is 64.1 Å². The van der Waals surface area contributed by atoms with Crippen LogP contribution in [0.25, 0.3) is 6.20 Å².